The molecule has 5 aromatic heterocycles. The Kier molecular flexibility index (Phi) is 4.36. The summed E-state index contributed by atoms with van der Waals surface area (Å²) in [7, 11) is 0. The molecule has 0 radical (unpaired) electrons. The van der Waals surface area contributed by atoms with Gasteiger partial charge < -0.3 is 8.82 Å². The molecule has 4 heteroatoms. The minimum Gasteiger partial charge on any atom is -0.456 e. The molecule has 5 heterocycles. The number of furan rings is 1. The number of fused-ring (bicyclic) bond motifs is 15. The summed E-state index contributed by atoms with van der Waals surface area (Å²) >= 11 is 0. The van der Waals surface area contributed by atoms with Crippen LogP contribution in [0.1, 0.15) is 110 Å². The summed E-state index contributed by atoms with van der Waals surface area (Å²) in [6, 6.07) is 20.4. The van der Waals surface area contributed by atoms with Gasteiger partial charge in [0.15, 0.2) is 0 Å². The van der Waals surface area contributed by atoms with Gasteiger partial charge in [-0.25, -0.2) is 0 Å². The highest BCUT2D eigenvalue weighted by molar-refractivity contribution is 6.26. The van der Waals surface area contributed by atoms with Gasteiger partial charge in [0.05, 0.1) is 28.9 Å². The van der Waals surface area contributed by atoms with E-state index in [4.69, 9.17) is 14.4 Å². The largest absolute Gasteiger partial charge is 0.456 e. The molecule has 8 aliphatic rings. The maximum Gasteiger partial charge on any atom is 0.136 e. The number of para-hydroxylation sites is 1. The Morgan fingerprint density at radius 2 is 1.25 bits per heavy atom. The summed E-state index contributed by atoms with van der Waals surface area (Å²) in [5.41, 5.74) is 15.3. The molecule has 7 unspecified atom stereocenters. The van der Waals surface area contributed by atoms with Crippen LogP contribution in [0.3, 0.4) is 0 Å². The van der Waals surface area contributed by atoms with Gasteiger partial charge in [0, 0.05) is 55.5 Å². The first-order valence-corrected chi connectivity index (χ1v) is 20.1. The Balaban J connectivity index is 1.12. The molecule has 16 rings (SSSR count). The predicted molar refractivity (Wildman–Crippen MR) is 203 cm³/mol. The molecule has 1 spiro atoms. The molecule has 7 atom stereocenters. The van der Waals surface area contributed by atoms with E-state index < -0.39 is 0 Å². The van der Waals surface area contributed by atoms with Gasteiger partial charge in [0.25, 0.3) is 0 Å². The lowest BCUT2D eigenvalue weighted by atomic mass is 9.56. The number of rotatable bonds is 1. The van der Waals surface area contributed by atoms with E-state index in [0.29, 0.717) is 29.1 Å². The van der Waals surface area contributed by atoms with Crippen LogP contribution in [0.2, 0.25) is 0 Å². The smallest absolute Gasteiger partial charge is 0.136 e. The number of pyridine rings is 2. The lowest BCUT2D eigenvalue weighted by molar-refractivity contribution is 0.00321. The van der Waals surface area contributed by atoms with Crippen LogP contribution in [0.5, 0.6) is 0 Å². The first-order chi connectivity index (χ1) is 25.2. The number of nitrogens with zero attached hydrogens (tertiary/aromatic N) is 3. The highest BCUT2D eigenvalue weighted by Crippen LogP contribution is 2.76. The molecule has 4 nitrogen and oxygen atoms in total. The van der Waals surface area contributed by atoms with Crippen molar-refractivity contribution in [2.45, 2.75) is 87.9 Å². The van der Waals surface area contributed by atoms with E-state index in [9.17, 15) is 0 Å². The third-order valence-electron chi connectivity index (χ3n) is 16.6. The minimum atomic E-state index is 0.610. The third kappa shape index (κ3) is 2.90. The second-order valence-electron chi connectivity index (χ2n) is 18.6. The van der Waals surface area contributed by atoms with E-state index >= 15 is 0 Å². The van der Waals surface area contributed by atoms with Crippen LogP contribution >= 0.6 is 0 Å². The van der Waals surface area contributed by atoms with Crippen molar-refractivity contribution in [1.29, 1.82) is 0 Å². The summed E-state index contributed by atoms with van der Waals surface area (Å²) < 4.78 is 9.11. The van der Waals surface area contributed by atoms with E-state index in [-0.39, 0.29) is 0 Å². The first-order valence-electron chi connectivity index (χ1n) is 20.1. The van der Waals surface area contributed by atoms with Crippen molar-refractivity contribution in [1.82, 2.24) is 14.4 Å². The fourth-order valence-electron chi connectivity index (χ4n) is 15.1. The number of hydrogen-bond acceptors (Lipinski definition) is 3. The second-order valence-corrected chi connectivity index (χ2v) is 18.6. The zero-order valence-corrected chi connectivity index (χ0v) is 28.8. The van der Waals surface area contributed by atoms with Gasteiger partial charge in [-0.2, -0.15) is 0 Å². The Hall–Kier alpha value is -4.44. The van der Waals surface area contributed by atoms with Crippen LogP contribution in [0.25, 0.3) is 71.2 Å². The lowest BCUT2D eigenvalue weighted by Crippen LogP contribution is -2.41. The molecule has 51 heavy (non-hydrogen) atoms. The summed E-state index contributed by atoms with van der Waals surface area (Å²) in [6.07, 6.45) is 18.4. The van der Waals surface area contributed by atoms with Crippen LogP contribution in [-0.2, 0) is 0 Å². The average molecular weight is 662 g/mol. The SMILES string of the molecule is c1ccc2c(c1)oc1cccc(-c3cc4c5c6c(ncc5n5c7cnc8c(c7c(c3)c45)C3CC4CC5CC8CC54C3)C3CC4CC(C3)CC6C4)c12. The molecule has 0 saturated heterocycles. The summed E-state index contributed by atoms with van der Waals surface area (Å²) in [5, 5.41) is 8.33. The quantitative estimate of drug-likeness (QED) is 0.176. The summed E-state index contributed by atoms with van der Waals surface area (Å²) in [5.74, 6) is 6.14. The fourth-order valence-corrected chi connectivity index (χ4v) is 15.1. The van der Waals surface area contributed by atoms with Crippen molar-refractivity contribution < 1.29 is 4.42 Å². The van der Waals surface area contributed by atoms with E-state index in [1.54, 1.807) is 11.1 Å². The van der Waals surface area contributed by atoms with Crippen molar-refractivity contribution >= 4 is 60.0 Å². The van der Waals surface area contributed by atoms with Crippen molar-refractivity contribution in [2.75, 3.05) is 0 Å². The van der Waals surface area contributed by atoms with E-state index in [1.165, 1.54) is 136 Å². The van der Waals surface area contributed by atoms with Gasteiger partial charge >= 0.3 is 0 Å². The van der Waals surface area contributed by atoms with Crippen molar-refractivity contribution in [2.24, 2.45) is 29.1 Å². The zero-order chi connectivity index (χ0) is 32.5. The van der Waals surface area contributed by atoms with Gasteiger partial charge in [-0.15, -0.1) is 0 Å². The molecule has 8 aliphatic carbocycles. The summed E-state index contributed by atoms with van der Waals surface area (Å²) in [6.45, 7) is 0. The Bertz CT molecular complexity index is 2900. The normalized spacial score (nSPS) is 34.0. The summed E-state index contributed by atoms with van der Waals surface area (Å²) in [4.78, 5) is 11.0. The fraction of sp³-hybridized carbons (Fsp3) is 0.404. The van der Waals surface area contributed by atoms with Crippen molar-refractivity contribution in [3.8, 4) is 11.1 Å². The molecule has 0 amide bonds. The van der Waals surface area contributed by atoms with Crippen LogP contribution in [0, 0.1) is 29.1 Å². The molecule has 0 aliphatic heterocycles. The van der Waals surface area contributed by atoms with Crippen LogP contribution in [0.15, 0.2) is 71.4 Å². The monoisotopic (exact) mass is 661 g/mol. The first kappa shape index (κ1) is 26.4. The molecule has 3 aromatic carbocycles. The Labute approximate surface area is 295 Å². The molecule has 7 bridgehead atoms. The maximum absolute atomic E-state index is 6.47. The third-order valence-corrected chi connectivity index (χ3v) is 16.6. The molecule has 0 N–H and O–H groups in total. The molecule has 8 aromatic rings. The lowest BCUT2D eigenvalue weighted by Gasteiger charge is -2.48. The highest BCUT2D eigenvalue weighted by atomic mass is 16.3. The van der Waals surface area contributed by atoms with E-state index in [1.807, 2.05) is 0 Å². The highest BCUT2D eigenvalue weighted by Gasteiger charge is 2.66. The molecule has 5 fully saturated rings. The number of benzene rings is 3. The van der Waals surface area contributed by atoms with Crippen molar-refractivity contribution in [3.05, 3.63) is 89.5 Å². The van der Waals surface area contributed by atoms with Gasteiger partial charge in [-0.3, -0.25) is 9.97 Å². The number of hydrogen-bond donors (Lipinski definition) is 0. The van der Waals surface area contributed by atoms with E-state index in [2.05, 4.69) is 71.4 Å². The van der Waals surface area contributed by atoms with Gasteiger partial charge in [0.1, 0.15) is 11.2 Å². The van der Waals surface area contributed by atoms with Gasteiger partial charge in [-0.1, -0.05) is 30.3 Å². The van der Waals surface area contributed by atoms with Gasteiger partial charge in [-0.05, 0) is 152 Å². The Morgan fingerprint density at radius 3 is 2.06 bits per heavy atom. The molecular formula is C47H39N3O. The minimum absolute atomic E-state index is 0.610. The maximum atomic E-state index is 6.47. The zero-order valence-electron chi connectivity index (χ0n) is 28.8. The average Bonchev–Trinajstić information content (AvgIpc) is 3.89. The van der Waals surface area contributed by atoms with Crippen molar-refractivity contribution in [3.63, 3.8) is 0 Å². The Morgan fingerprint density at radius 1 is 0.588 bits per heavy atom. The number of aromatic nitrogens is 3. The van der Waals surface area contributed by atoms with Gasteiger partial charge in [0.2, 0.25) is 0 Å². The molecule has 5 saturated carbocycles. The topological polar surface area (TPSA) is 43.3 Å². The van der Waals surface area contributed by atoms with Crippen LogP contribution < -0.4 is 0 Å². The second kappa shape index (κ2) is 8.44. The van der Waals surface area contributed by atoms with Crippen LogP contribution in [0.4, 0.5) is 0 Å². The van der Waals surface area contributed by atoms with Crippen LogP contribution in [-0.4, -0.2) is 14.4 Å². The predicted octanol–water partition coefficient (Wildman–Crippen LogP) is 12.0. The van der Waals surface area contributed by atoms with E-state index in [0.717, 1.165) is 34.8 Å². The standard InChI is InChI=1S/C47H39N3O/c1-2-6-37-32(4-1)41-31(5-3-7-38(41)51-37)24-15-33-42-35(20-48-44-26-11-22-8-23(12-26)10-25(9-22)39(42)44)50-36-21-49-45-28-14-30-17-29-13-27(18-47(29,30)19-28)40(45)43(36)34(16-24)46(33)50/h1-7,15-16,20-23,25-30H,8-14,17-19H2. The molecule has 248 valence electrons. The molecular weight excluding hydrogens is 623 g/mol.